The van der Waals surface area contributed by atoms with Crippen LogP contribution in [-0.4, -0.2) is 29.2 Å². The molecule has 5 nitrogen and oxygen atoms in total. The molecule has 128 valence electrons. The Morgan fingerprint density at radius 3 is 2.42 bits per heavy atom. The molecule has 24 heavy (non-hydrogen) atoms. The maximum absolute atomic E-state index is 13.1. The second-order valence-corrected chi connectivity index (χ2v) is 7.76. The Labute approximate surface area is 146 Å². The molecule has 0 amide bonds. The second-order valence-electron chi connectivity index (χ2n) is 5.46. The van der Waals surface area contributed by atoms with Gasteiger partial charge in [-0.2, -0.15) is 0 Å². The lowest BCUT2D eigenvalue weighted by Crippen LogP contribution is -2.35. The molecule has 0 spiro atoms. The number of ether oxygens (including phenoxy) is 2. The summed E-state index contributed by atoms with van der Waals surface area (Å²) < 4.78 is 38.2. The third-order valence-corrected chi connectivity index (χ3v) is 6.15. The van der Waals surface area contributed by atoms with Crippen LogP contribution in [0.3, 0.4) is 0 Å². The molecule has 3 rings (SSSR count). The number of sulfonamides is 1. The number of fused-ring (bicyclic) bond motifs is 1. The van der Waals surface area contributed by atoms with Crippen molar-refractivity contribution < 1.29 is 17.9 Å². The Bertz CT molecular complexity index is 850. The van der Waals surface area contributed by atoms with Crippen LogP contribution < -0.4 is 13.8 Å². The molecule has 0 saturated heterocycles. The Morgan fingerprint density at radius 2 is 1.79 bits per heavy atom. The van der Waals surface area contributed by atoms with E-state index < -0.39 is 10.0 Å². The van der Waals surface area contributed by atoms with Gasteiger partial charge in [0.2, 0.25) is 0 Å². The Hall–Kier alpha value is -1.92. The van der Waals surface area contributed by atoms with E-state index in [9.17, 15) is 8.42 Å². The molecule has 2 aromatic rings. The van der Waals surface area contributed by atoms with Gasteiger partial charge in [0.05, 0.1) is 24.8 Å². The van der Waals surface area contributed by atoms with Crippen molar-refractivity contribution in [2.24, 2.45) is 0 Å². The van der Waals surface area contributed by atoms with Crippen LogP contribution >= 0.6 is 11.6 Å². The van der Waals surface area contributed by atoms with Crippen molar-refractivity contribution in [1.29, 1.82) is 0 Å². The van der Waals surface area contributed by atoms with E-state index >= 15 is 0 Å². The van der Waals surface area contributed by atoms with Gasteiger partial charge in [0.25, 0.3) is 10.0 Å². The molecule has 0 N–H and O–H groups in total. The van der Waals surface area contributed by atoms with Crippen LogP contribution in [0.15, 0.2) is 41.3 Å². The summed E-state index contributed by atoms with van der Waals surface area (Å²) >= 11 is 5.87. The molecule has 2 aromatic carbocycles. The third kappa shape index (κ3) is 2.91. The fourth-order valence-electron chi connectivity index (χ4n) is 2.88. The minimum atomic E-state index is -3.68. The number of nitrogens with zero attached hydrogens (tertiary/aromatic N) is 1. The molecule has 0 aromatic heterocycles. The SMILES string of the molecule is COc1cc(OC)c2c(c1)N(S(=O)(=O)c1ccc(Cl)cc1)CCC2. The molecule has 0 unspecified atom stereocenters. The average Bonchev–Trinajstić information content (AvgIpc) is 2.60. The van der Waals surface area contributed by atoms with Crippen molar-refractivity contribution in [2.45, 2.75) is 17.7 Å². The number of halogens is 1. The summed E-state index contributed by atoms with van der Waals surface area (Å²) in [7, 11) is -0.564. The van der Waals surface area contributed by atoms with E-state index in [1.807, 2.05) is 0 Å². The van der Waals surface area contributed by atoms with Crippen molar-refractivity contribution in [3.05, 3.63) is 47.0 Å². The van der Waals surface area contributed by atoms with Crippen LogP contribution in [-0.2, 0) is 16.4 Å². The lowest BCUT2D eigenvalue weighted by atomic mass is 10.0. The first-order valence-electron chi connectivity index (χ1n) is 7.50. The van der Waals surface area contributed by atoms with Crippen molar-refractivity contribution in [3.8, 4) is 11.5 Å². The van der Waals surface area contributed by atoms with Gasteiger partial charge in [0.1, 0.15) is 11.5 Å². The second kappa shape index (κ2) is 6.53. The van der Waals surface area contributed by atoms with Gasteiger partial charge in [-0.3, -0.25) is 4.31 Å². The number of benzene rings is 2. The highest BCUT2D eigenvalue weighted by molar-refractivity contribution is 7.92. The topological polar surface area (TPSA) is 55.8 Å². The van der Waals surface area contributed by atoms with Gasteiger partial charge >= 0.3 is 0 Å². The summed E-state index contributed by atoms with van der Waals surface area (Å²) in [5.41, 5.74) is 1.48. The Kier molecular flexibility index (Phi) is 4.60. The maximum Gasteiger partial charge on any atom is 0.264 e. The fraction of sp³-hybridized carbons (Fsp3) is 0.294. The number of methoxy groups -OCH3 is 2. The summed E-state index contributed by atoms with van der Waals surface area (Å²) in [6.07, 6.45) is 1.48. The lowest BCUT2D eigenvalue weighted by Gasteiger charge is -2.31. The summed E-state index contributed by atoms with van der Waals surface area (Å²) in [6.45, 7) is 0.411. The van der Waals surface area contributed by atoms with E-state index in [1.54, 1.807) is 38.5 Å². The summed E-state index contributed by atoms with van der Waals surface area (Å²) in [5.74, 6) is 1.20. The fourth-order valence-corrected chi connectivity index (χ4v) is 4.53. The molecule has 1 aliphatic rings. The van der Waals surface area contributed by atoms with Crippen molar-refractivity contribution in [3.63, 3.8) is 0 Å². The summed E-state index contributed by atoms with van der Waals surface area (Å²) in [5, 5.41) is 0.497. The van der Waals surface area contributed by atoms with Gasteiger partial charge in [0, 0.05) is 29.3 Å². The first kappa shape index (κ1) is 16.9. The molecule has 0 aliphatic carbocycles. The highest BCUT2D eigenvalue weighted by Gasteiger charge is 2.31. The molecule has 0 atom stereocenters. The molecule has 7 heteroatoms. The van der Waals surface area contributed by atoms with Crippen molar-refractivity contribution in [1.82, 2.24) is 0 Å². The van der Waals surface area contributed by atoms with Gasteiger partial charge in [-0.15, -0.1) is 0 Å². The minimum absolute atomic E-state index is 0.210. The largest absolute Gasteiger partial charge is 0.497 e. The van der Waals surface area contributed by atoms with Crippen LogP contribution in [0.2, 0.25) is 5.02 Å². The van der Waals surface area contributed by atoms with E-state index in [0.29, 0.717) is 28.8 Å². The van der Waals surface area contributed by atoms with Gasteiger partial charge in [-0.05, 0) is 37.1 Å². The van der Waals surface area contributed by atoms with Crippen LogP contribution in [0.25, 0.3) is 0 Å². The van der Waals surface area contributed by atoms with E-state index in [2.05, 4.69) is 0 Å². The zero-order valence-corrected chi connectivity index (χ0v) is 15.0. The number of hydrogen-bond acceptors (Lipinski definition) is 4. The third-order valence-electron chi connectivity index (χ3n) is 4.07. The van der Waals surface area contributed by atoms with Crippen LogP contribution in [0.4, 0.5) is 5.69 Å². The average molecular weight is 368 g/mol. The van der Waals surface area contributed by atoms with E-state index in [0.717, 1.165) is 18.4 Å². The Balaban J connectivity index is 2.13. The minimum Gasteiger partial charge on any atom is -0.497 e. The molecule has 0 saturated carbocycles. The van der Waals surface area contributed by atoms with Crippen LogP contribution in [0.1, 0.15) is 12.0 Å². The zero-order valence-electron chi connectivity index (χ0n) is 13.5. The van der Waals surface area contributed by atoms with Crippen LogP contribution in [0, 0.1) is 0 Å². The molecule has 1 aliphatic heterocycles. The number of anilines is 1. The molecule has 0 fully saturated rings. The van der Waals surface area contributed by atoms with Crippen molar-refractivity contribution >= 4 is 27.3 Å². The summed E-state index contributed by atoms with van der Waals surface area (Å²) in [6, 6.07) is 9.70. The van der Waals surface area contributed by atoms with Crippen molar-refractivity contribution in [2.75, 3.05) is 25.1 Å². The highest BCUT2D eigenvalue weighted by Crippen LogP contribution is 2.40. The van der Waals surface area contributed by atoms with Crippen LogP contribution in [0.5, 0.6) is 11.5 Å². The van der Waals surface area contributed by atoms with E-state index in [4.69, 9.17) is 21.1 Å². The first-order valence-corrected chi connectivity index (χ1v) is 9.32. The van der Waals surface area contributed by atoms with Gasteiger partial charge in [-0.1, -0.05) is 11.6 Å². The molecular weight excluding hydrogens is 350 g/mol. The molecule has 0 radical (unpaired) electrons. The molecule has 0 bridgehead atoms. The molecular formula is C17H18ClNO4S. The monoisotopic (exact) mass is 367 g/mol. The Morgan fingerprint density at radius 1 is 1.08 bits per heavy atom. The highest BCUT2D eigenvalue weighted by atomic mass is 35.5. The normalized spacial score (nSPS) is 14.2. The summed E-state index contributed by atoms with van der Waals surface area (Å²) in [4.78, 5) is 0.210. The van der Waals surface area contributed by atoms with Gasteiger partial charge < -0.3 is 9.47 Å². The zero-order chi connectivity index (χ0) is 17.3. The predicted molar refractivity (Wildman–Crippen MR) is 93.9 cm³/mol. The van der Waals surface area contributed by atoms with Gasteiger partial charge in [-0.25, -0.2) is 8.42 Å². The lowest BCUT2D eigenvalue weighted by molar-refractivity contribution is 0.390. The maximum atomic E-state index is 13.1. The quantitative estimate of drug-likeness (QED) is 0.829. The smallest absolute Gasteiger partial charge is 0.264 e. The first-order chi connectivity index (χ1) is 11.5. The van der Waals surface area contributed by atoms with E-state index in [-0.39, 0.29) is 4.90 Å². The molecule has 1 heterocycles. The van der Waals surface area contributed by atoms with Gasteiger partial charge in [0.15, 0.2) is 0 Å². The predicted octanol–water partition coefficient (Wildman–Crippen LogP) is 3.50. The number of rotatable bonds is 4. The van der Waals surface area contributed by atoms with E-state index in [1.165, 1.54) is 16.4 Å². The standard InChI is InChI=1S/C17H18ClNO4S/c1-22-13-10-16-15(17(11-13)23-2)4-3-9-19(16)24(20,21)14-7-5-12(18)6-8-14/h5-8,10-11H,3-4,9H2,1-2H3. The number of hydrogen-bond donors (Lipinski definition) is 0.